The summed E-state index contributed by atoms with van der Waals surface area (Å²) >= 11 is 0. The van der Waals surface area contributed by atoms with Crippen LogP contribution in [0.1, 0.15) is 17.2 Å². The van der Waals surface area contributed by atoms with Gasteiger partial charge in [0.05, 0.1) is 17.7 Å². The summed E-state index contributed by atoms with van der Waals surface area (Å²) in [5.74, 6) is 0. The normalized spacial score (nSPS) is 14.3. The van der Waals surface area contributed by atoms with Crippen LogP contribution in [-0.4, -0.2) is 22.9 Å². The van der Waals surface area contributed by atoms with Crippen LogP contribution in [0, 0.1) is 11.3 Å². The van der Waals surface area contributed by atoms with Crippen LogP contribution < -0.4 is 11.5 Å². The number of aliphatic hydroxyl groups is 2. The molecule has 6 N–H and O–H groups in total. The first-order valence-corrected chi connectivity index (χ1v) is 4.46. The predicted octanol–water partition coefficient (Wildman–Crippen LogP) is -0.507. The van der Waals surface area contributed by atoms with Gasteiger partial charge in [0.15, 0.2) is 0 Å². The SMILES string of the molecule is N#Cc1cc(N)ccc1C(O)C(O)CN. The molecule has 0 radical (unpaired) electrons. The van der Waals surface area contributed by atoms with Gasteiger partial charge in [0.25, 0.3) is 0 Å². The van der Waals surface area contributed by atoms with Crippen molar-refractivity contribution in [2.45, 2.75) is 12.2 Å². The van der Waals surface area contributed by atoms with Crippen LogP contribution in [0.15, 0.2) is 18.2 Å². The van der Waals surface area contributed by atoms with Gasteiger partial charge >= 0.3 is 0 Å². The summed E-state index contributed by atoms with van der Waals surface area (Å²) in [5, 5.41) is 27.8. The first kappa shape index (κ1) is 11.5. The number of nitrogens with two attached hydrogens (primary N) is 2. The zero-order valence-electron chi connectivity index (χ0n) is 8.09. The van der Waals surface area contributed by atoms with Gasteiger partial charge in [0.2, 0.25) is 0 Å². The lowest BCUT2D eigenvalue weighted by Crippen LogP contribution is -2.27. The van der Waals surface area contributed by atoms with Crippen LogP contribution in [-0.2, 0) is 0 Å². The molecule has 0 bridgehead atoms. The fourth-order valence-electron chi connectivity index (χ4n) is 1.26. The van der Waals surface area contributed by atoms with Crippen molar-refractivity contribution in [3.05, 3.63) is 29.3 Å². The number of hydrogen-bond acceptors (Lipinski definition) is 5. The molecule has 0 heterocycles. The lowest BCUT2D eigenvalue weighted by Gasteiger charge is -2.17. The quantitative estimate of drug-likeness (QED) is 0.498. The van der Waals surface area contributed by atoms with Gasteiger partial charge in [-0.25, -0.2) is 0 Å². The highest BCUT2D eigenvalue weighted by Crippen LogP contribution is 2.22. The van der Waals surface area contributed by atoms with E-state index in [0.29, 0.717) is 11.3 Å². The van der Waals surface area contributed by atoms with Crippen molar-refractivity contribution in [2.24, 2.45) is 5.73 Å². The topological polar surface area (TPSA) is 116 Å². The molecule has 5 nitrogen and oxygen atoms in total. The van der Waals surface area contributed by atoms with Crippen LogP contribution in [0.25, 0.3) is 0 Å². The lowest BCUT2D eigenvalue weighted by molar-refractivity contribution is 0.0242. The maximum absolute atomic E-state index is 9.67. The van der Waals surface area contributed by atoms with E-state index in [9.17, 15) is 10.2 Å². The minimum Gasteiger partial charge on any atom is -0.399 e. The first-order chi connectivity index (χ1) is 7.10. The van der Waals surface area contributed by atoms with Crippen LogP contribution >= 0.6 is 0 Å². The van der Waals surface area contributed by atoms with Crippen molar-refractivity contribution >= 4 is 5.69 Å². The minimum atomic E-state index is -1.16. The Balaban J connectivity index is 3.09. The van der Waals surface area contributed by atoms with Crippen molar-refractivity contribution < 1.29 is 10.2 Å². The van der Waals surface area contributed by atoms with E-state index in [1.807, 2.05) is 6.07 Å². The number of aliphatic hydroxyl groups excluding tert-OH is 2. The van der Waals surface area contributed by atoms with Crippen LogP contribution in [0.2, 0.25) is 0 Å². The van der Waals surface area contributed by atoms with Gasteiger partial charge in [0.1, 0.15) is 6.10 Å². The molecule has 0 aliphatic carbocycles. The second-order valence-corrected chi connectivity index (χ2v) is 3.21. The van der Waals surface area contributed by atoms with Gasteiger partial charge in [-0.3, -0.25) is 0 Å². The molecule has 80 valence electrons. The molecule has 0 spiro atoms. The fourth-order valence-corrected chi connectivity index (χ4v) is 1.26. The van der Waals surface area contributed by atoms with Gasteiger partial charge in [0, 0.05) is 17.8 Å². The highest BCUT2D eigenvalue weighted by Gasteiger charge is 2.19. The lowest BCUT2D eigenvalue weighted by atomic mass is 9.99. The predicted molar refractivity (Wildman–Crippen MR) is 55.6 cm³/mol. The first-order valence-electron chi connectivity index (χ1n) is 4.46. The van der Waals surface area contributed by atoms with E-state index < -0.39 is 12.2 Å². The van der Waals surface area contributed by atoms with Crippen molar-refractivity contribution in [2.75, 3.05) is 12.3 Å². The minimum absolute atomic E-state index is 0.0730. The molecule has 0 aliphatic heterocycles. The van der Waals surface area contributed by atoms with Crippen LogP contribution in [0.5, 0.6) is 0 Å². The van der Waals surface area contributed by atoms with Crippen molar-refractivity contribution in [3.8, 4) is 6.07 Å². The van der Waals surface area contributed by atoms with E-state index in [1.165, 1.54) is 12.1 Å². The molecule has 0 fully saturated rings. The van der Waals surface area contributed by atoms with Gasteiger partial charge in [-0.2, -0.15) is 5.26 Å². The summed E-state index contributed by atoms with van der Waals surface area (Å²) in [6.07, 6.45) is -2.24. The zero-order valence-corrected chi connectivity index (χ0v) is 8.09. The van der Waals surface area contributed by atoms with E-state index in [1.54, 1.807) is 6.07 Å². The van der Waals surface area contributed by atoms with Gasteiger partial charge < -0.3 is 21.7 Å². The monoisotopic (exact) mass is 207 g/mol. The second kappa shape index (κ2) is 4.75. The Labute approximate surface area is 87.6 Å². The second-order valence-electron chi connectivity index (χ2n) is 3.21. The molecule has 15 heavy (non-hydrogen) atoms. The average molecular weight is 207 g/mol. The summed E-state index contributed by atoms with van der Waals surface area (Å²) in [6, 6.07) is 6.42. The van der Waals surface area contributed by atoms with E-state index in [0.717, 1.165) is 0 Å². The number of anilines is 1. The molecular formula is C10H13N3O2. The summed E-state index contributed by atoms with van der Waals surface area (Å²) in [6.45, 7) is -0.0730. The molecule has 0 aliphatic rings. The number of rotatable bonds is 3. The maximum Gasteiger partial charge on any atom is 0.107 e. The standard InChI is InChI=1S/C10H13N3O2/c11-4-6-3-7(13)1-2-8(6)10(15)9(14)5-12/h1-3,9-10,14-15H,5,12-13H2. The molecule has 1 rings (SSSR count). The number of nitrogens with zero attached hydrogens (tertiary/aromatic N) is 1. The highest BCUT2D eigenvalue weighted by atomic mass is 16.3. The molecule has 0 amide bonds. The number of benzene rings is 1. The molecule has 1 aromatic carbocycles. The Kier molecular flexibility index (Phi) is 3.63. The van der Waals surface area contributed by atoms with Crippen molar-refractivity contribution in [1.82, 2.24) is 0 Å². The molecule has 5 heteroatoms. The summed E-state index contributed by atoms with van der Waals surface area (Å²) in [5.41, 5.74) is 11.7. The molecule has 0 aromatic heterocycles. The van der Waals surface area contributed by atoms with Crippen LogP contribution in [0.3, 0.4) is 0 Å². The molecule has 0 saturated carbocycles. The van der Waals surface area contributed by atoms with E-state index in [2.05, 4.69) is 0 Å². The van der Waals surface area contributed by atoms with Gasteiger partial charge in [-0.15, -0.1) is 0 Å². The van der Waals surface area contributed by atoms with Crippen LogP contribution in [0.4, 0.5) is 5.69 Å². The molecule has 0 saturated heterocycles. The van der Waals surface area contributed by atoms with E-state index in [4.69, 9.17) is 16.7 Å². The third-order valence-electron chi connectivity index (χ3n) is 2.12. The molecule has 2 unspecified atom stereocenters. The third-order valence-corrected chi connectivity index (χ3v) is 2.12. The Morgan fingerprint density at radius 1 is 1.40 bits per heavy atom. The molecule has 1 aromatic rings. The van der Waals surface area contributed by atoms with Gasteiger partial charge in [-0.05, 0) is 12.1 Å². The van der Waals surface area contributed by atoms with Gasteiger partial charge in [-0.1, -0.05) is 6.07 Å². The van der Waals surface area contributed by atoms with Crippen molar-refractivity contribution in [1.29, 1.82) is 5.26 Å². The average Bonchev–Trinajstić information content (AvgIpc) is 2.26. The fraction of sp³-hybridized carbons (Fsp3) is 0.300. The Morgan fingerprint density at radius 2 is 2.07 bits per heavy atom. The number of hydrogen-bond donors (Lipinski definition) is 4. The Hall–Kier alpha value is -1.61. The summed E-state index contributed by atoms with van der Waals surface area (Å²) in [7, 11) is 0. The number of nitriles is 1. The number of nitrogen functional groups attached to an aromatic ring is 1. The molecular weight excluding hydrogens is 194 g/mol. The van der Waals surface area contributed by atoms with E-state index in [-0.39, 0.29) is 12.1 Å². The van der Waals surface area contributed by atoms with E-state index >= 15 is 0 Å². The zero-order chi connectivity index (χ0) is 11.4. The molecule has 2 atom stereocenters. The third kappa shape index (κ3) is 2.44. The highest BCUT2D eigenvalue weighted by molar-refractivity contribution is 5.50. The summed E-state index contributed by atoms with van der Waals surface area (Å²) in [4.78, 5) is 0. The smallest absolute Gasteiger partial charge is 0.107 e. The summed E-state index contributed by atoms with van der Waals surface area (Å²) < 4.78 is 0. The Bertz CT molecular complexity index is 387. The Morgan fingerprint density at radius 3 is 2.60 bits per heavy atom. The largest absolute Gasteiger partial charge is 0.399 e. The van der Waals surface area contributed by atoms with Crippen molar-refractivity contribution in [3.63, 3.8) is 0 Å². The maximum atomic E-state index is 9.67.